The van der Waals surface area contributed by atoms with Gasteiger partial charge in [-0.3, -0.25) is 5.43 Å². The molecule has 0 saturated carbocycles. The van der Waals surface area contributed by atoms with Gasteiger partial charge in [0.25, 0.3) is 0 Å². The minimum absolute atomic E-state index is 0.126. The van der Waals surface area contributed by atoms with Crippen LogP contribution in [0.2, 0.25) is 5.15 Å². The van der Waals surface area contributed by atoms with Crippen LogP contribution < -0.4 is 5.43 Å². The number of hydrazone groups is 1. The number of hydrogen-bond acceptors (Lipinski definition) is 5. The minimum atomic E-state index is -1.04. The van der Waals surface area contributed by atoms with E-state index in [-0.39, 0.29) is 5.25 Å². The van der Waals surface area contributed by atoms with E-state index in [0.717, 1.165) is 47.6 Å². The van der Waals surface area contributed by atoms with Crippen LogP contribution in [-0.2, 0) is 11.2 Å². The third-order valence-electron chi connectivity index (χ3n) is 4.12. The highest BCUT2D eigenvalue weighted by Crippen LogP contribution is 2.49. The first-order chi connectivity index (χ1) is 10.2. The zero-order valence-electron chi connectivity index (χ0n) is 11.2. The van der Waals surface area contributed by atoms with Crippen molar-refractivity contribution >= 4 is 29.0 Å². The number of rotatable bonds is 1. The van der Waals surface area contributed by atoms with Gasteiger partial charge < -0.3 is 4.55 Å². The van der Waals surface area contributed by atoms with Crippen LogP contribution in [0.25, 0.3) is 0 Å². The Morgan fingerprint density at radius 1 is 1.29 bits per heavy atom. The van der Waals surface area contributed by atoms with Crippen molar-refractivity contribution in [1.29, 1.82) is 0 Å². The molecule has 1 aromatic heterocycles. The summed E-state index contributed by atoms with van der Waals surface area (Å²) in [6.45, 7) is 0. The summed E-state index contributed by atoms with van der Waals surface area (Å²) in [5.74, 6) is 0. The fourth-order valence-electron chi connectivity index (χ4n) is 3.09. The summed E-state index contributed by atoms with van der Waals surface area (Å²) in [4.78, 5) is 1.04. The van der Waals surface area contributed by atoms with Crippen molar-refractivity contribution in [3.63, 3.8) is 0 Å². The minimum Gasteiger partial charge on any atom is -0.611 e. The summed E-state index contributed by atoms with van der Waals surface area (Å²) >= 11 is 4.73. The molecule has 1 aliphatic carbocycles. The van der Waals surface area contributed by atoms with Gasteiger partial charge in [-0.15, -0.1) is 10.2 Å². The standard InChI is InChI=1S/C14H13ClN4OS/c15-13-4-2-10(17-18-13)12-7-9-11(21(12)20)3-1-8-5-6-16-19-14(8)9/h2,4,6,12,19H,1,3,5,7H2. The molecule has 1 aromatic rings. The van der Waals surface area contributed by atoms with Gasteiger partial charge in [0.05, 0.1) is 5.70 Å². The molecule has 5 nitrogen and oxygen atoms in total. The lowest BCUT2D eigenvalue weighted by Crippen LogP contribution is -2.19. The molecular weight excluding hydrogens is 308 g/mol. The first kappa shape index (κ1) is 13.3. The molecule has 0 bridgehead atoms. The molecule has 2 unspecified atom stereocenters. The summed E-state index contributed by atoms with van der Waals surface area (Å²) in [6.07, 6.45) is 5.32. The molecule has 7 heteroatoms. The maximum Gasteiger partial charge on any atom is 0.168 e. The summed E-state index contributed by atoms with van der Waals surface area (Å²) < 4.78 is 12.8. The highest BCUT2D eigenvalue weighted by Gasteiger charge is 2.43. The number of allylic oxidation sites excluding steroid dienone is 3. The van der Waals surface area contributed by atoms with Gasteiger partial charge in [-0.05, 0) is 35.3 Å². The van der Waals surface area contributed by atoms with Gasteiger partial charge in [0.1, 0.15) is 10.6 Å². The molecule has 2 atom stereocenters. The van der Waals surface area contributed by atoms with Gasteiger partial charge in [0.15, 0.2) is 10.4 Å². The molecule has 108 valence electrons. The first-order valence-electron chi connectivity index (χ1n) is 6.85. The third-order valence-corrected chi connectivity index (χ3v) is 6.19. The van der Waals surface area contributed by atoms with Gasteiger partial charge in [0.2, 0.25) is 0 Å². The quantitative estimate of drug-likeness (QED) is 0.807. The monoisotopic (exact) mass is 320 g/mol. The van der Waals surface area contributed by atoms with E-state index in [1.807, 2.05) is 12.3 Å². The van der Waals surface area contributed by atoms with Crippen molar-refractivity contribution in [2.45, 2.75) is 30.9 Å². The molecule has 0 fully saturated rings. The topological polar surface area (TPSA) is 73.2 Å². The Kier molecular flexibility index (Phi) is 3.24. The molecule has 2 aliphatic heterocycles. The fraction of sp³-hybridized carbons (Fsp3) is 0.357. The highest BCUT2D eigenvalue weighted by molar-refractivity contribution is 7.95. The lowest BCUT2D eigenvalue weighted by Gasteiger charge is -2.22. The number of nitrogens with zero attached hydrogens (tertiary/aromatic N) is 3. The number of fused-ring (bicyclic) bond motifs is 1. The van der Waals surface area contributed by atoms with Crippen LogP contribution in [0.5, 0.6) is 0 Å². The normalized spacial score (nSPS) is 27.5. The lowest BCUT2D eigenvalue weighted by molar-refractivity contribution is 0.588. The maximum atomic E-state index is 12.8. The molecule has 0 amide bonds. The van der Waals surface area contributed by atoms with Gasteiger partial charge in [-0.2, -0.15) is 5.10 Å². The fourth-order valence-corrected chi connectivity index (χ4v) is 4.93. The Balaban J connectivity index is 1.67. The molecule has 0 saturated heterocycles. The van der Waals surface area contributed by atoms with Crippen molar-refractivity contribution in [1.82, 2.24) is 15.6 Å². The van der Waals surface area contributed by atoms with Crippen molar-refractivity contribution in [3.8, 4) is 0 Å². The van der Waals surface area contributed by atoms with Crippen molar-refractivity contribution in [2.24, 2.45) is 5.10 Å². The van der Waals surface area contributed by atoms with Gasteiger partial charge in [-0.25, -0.2) is 0 Å². The molecular formula is C14H13ClN4OS. The van der Waals surface area contributed by atoms with Gasteiger partial charge in [0, 0.05) is 31.1 Å². The van der Waals surface area contributed by atoms with E-state index < -0.39 is 11.2 Å². The summed E-state index contributed by atoms with van der Waals surface area (Å²) in [7, 11) is 0. The Bertz CT molecular complexity index is 683. The molecule has 0 aromatic carbocycles. The Hall–Kier alpha value is -1.37. The van der Waals surface area contributed by atoms with Crippen LogP contribution in [-0.4, -0.2) is 21.0 Å². The van der Waals surface area contributed by atoms with Gasteiger partial charge in [-0.1, -0.05) is 11.6 Å². The number of nitrogens with one attached hydrogen (secondary N) is 1. The van der Waals surface area contributed by atoms with E-state index in [2.05, 4.69) is 20.7 Å². The SMILES string of the molecule is [O-][S+]1C2=C(CC1c1ccc(Cl)nn1)C1=C(CC=NN1)CC2. The van der Waals surface area contributed by atoms with Crippen LogP contribution in [0.3, 0.4) is 0 Å². The zero-order valence-corrected chi connectivity index (χ0v) is 12.7. The van der Waals surface area contributed by atoms with E-state index in [1.165, 1.54) is 5.57 Å². The number of aromatic nitrogens is 2. The zero-order chi connectivity index (χ0) is 14.4. The average molecular weight is 321 g/mol. The highest BCUT2D eigenvalue weighted by atomic mass is 35.5. The Morgan fingerprint density at radius 3 is 3.00 bits per heavy atom. The van der Waals surface area contributed by atoms with Crippen molar-refractivity contribution in [2.75, 3.05) is 0 Å². The molecule has 3 heterocycles. The molecule has 1 N–H and O–H groups in total. The summed E-state index contributed by atoms with van der Waals surface area (Å²) in [6, 6.07) is 3.52. The first-order valence-corrected chi connectivity index (χ1v) is 8.45. The van der Waals surface area contributed by atoms with Crippen LogP contribution in [0.4, 0.5) is 0 Å². The van der Waals surface area contributed by atoms with Crippen molar-refractivity contribution < 1.29 is 4.55 Å². The Labute approximate surface area is 130 Å². The van der Waals surface area contributed by atoms with Crippen LogP contribution in [0.1, 0.15) is 36.6 Å². The van der Waals surface area contributed by atoms with E-state index >= 15 is 0 Å². The van der Waals surface area contributed by atoms with Crippen LogP contribution >= 0.6 is 11.6 Å². The molecule has 0 radical (unpaired) electrons. The molecule has 0 spiro atoms. The number of halogens is 1. The predicted octanol–water partition coefficient (Wildman–Crippen LogP) is 2.60. The van der Waals surface area contributed by atoms with Crippen molar-refractivity contribution in [3.05, 3.63) is 44.7 Å². The number of hydrogen-bond donors (Lipinski definition) is 1. The molecule has 4 rings (SSSR count). The van der Waals surface area contributed by atoms with Gasteiger partial charge >= 0.3 is 0 Å². The maximum absolute atomic E-state index is 12.8. The summed E-state index contributed by atoms with van der Waals surface area (Å²) in [5.41, 5.74) is 7.44. The van der Waals surface area contributed by atoms with E-state index in [0.29, 0.717) is 5.15 Å². The average Bonchev–Trinajstić information content (AvgIpc) is 2.86. The van der Waals surface area contributed by atoms with Crippen LogP contribution in [0.15, 0.2) is 39.0 Å². The second-order valence-corrected chi connectivity index (χ2v) is 7.32. The molecule has 3 aliphatic rings. The largest absolute Gasteiger partial charge is 0.611 e. The second-order valence-electron chi connectivity index (χ2n) is 5.28. The predicted molar refractivity (Wildman–Crippen MR) is 82.1 cm³/mol. The third kappa shape index (κ3) is 2.18. The second kappa shape index (κ2) is 5.12. The van der Waals surface area contributed by atoms with Crippen LogP contribution in [0, 0.1) is 0 Å². The Morgan fingerprint density at radius 2 is 2.19 bits per heavy atom. The summed E-state index contributed by atoms with van der Waals surface area (Å²) in [5, 5.41) is 12.3. The van der Waals surface area contributed by atoms with E-state index in [9.17, 15) is 4.55 Å². The molecule has 21 heavy (non-hydrogen) atoms. The lowest BCUT2D eigenvalue weighted by atomic mass is 9.91. The van der Waals surface area contributed by atoms with E-state index in [4.69, 9.17) is 11.6 Å². The van der Waals surface area contributed by atoms with E-state index in [1.54, 1.807) is 6.07 Å². The smallest absolute Gasteiger partial charge is 0.168 e.